The number of likely N-dealkylation sites (tertiary alicyclic amines) is 1. The second-order valence-corrected chi connectivity index (χ2v) is 10.1. The number of nitrogens with zero attached hydrogens (tertiary/aromatic N) is 5. The number of pyridine rings is 2. The fraction of sp³-hybridized carbons (Fsp3) is 0.333. The van der Waals surface area contributed by atoms with Crippen LogP contribution in [0, 0.1) is 12.9 Å². The number of hydrogen-bond donors (Lipinski definition) is 2. The molecule has 1 aliphatic heterocycles. The van der Waals surface area contributed by atoms with Gasteiger partial charge in [-0.2, -0.15) is 9.49 Å². The lowest BCUT2D eigenvalue weighted by molar-refractivity contribution is 0.150. The highest BCUT2D eigenvalue weighted by molar-refractivity contribution is 5.91. The fourth-order valence-electron chi connectivity index (χ4n) is 5.51. The van der Waals surface area contributed by atoms with E-state index in [1.165, 1.54) is 12.3 Å². The molecule has 214 valence electrons. The van der Waals surface area contributed by atoms with Crippen LogP contribution in [0.25, 0.3) is 16.9 Å². The summed E-state index contributed by atoms with van der Waals surface area (Å²) in [5.41, 5.74) is 3.81. The number of amides is 2. The van der Waals surface area contributed by atoms with E-state index in [0.29, 0.717) is 30.4 Å². The number of anilines is 1. The Balaban J connectivity index is 1.44. The summed E-state index contributed by atoms with van der Waals surface area (Å²) in [5, 5.41) is 11.0. The van der Waals surface area contributed by atoms with Crippen LogP contribution in [0.15, 0.2) is 67.0 Å². The van der Waals surface area contributed by atoms with E-state index in [1.54, 1.807) is 37.2 Å². The van der Waals surface area contributed by atoms with Gasteiger partial charge in [0, 0.05) is 49.3 Å². The van der Waals surface area contributed by atoms with E-state index in [9.17, 15) is 9.18 Å². The normalized spacial score (nSPS) is 18.8. The molecular weight excluding hydrogens is 525 g/mol. The van der Waals surface area contributed by atoms with Crippen molar-refractivity contribution >= 4 is 11.8 Å². The zero-order chi connectivity index (χ0) is 28.9. The zero-order valence-electron chi connectivity index (χ0n) is 23.5. The quantitative estimate of drug-likeness (QED) is 0.285. The van der Waals surface area contributed by atoms with Gasteiger partial charge in [0.1, 0.15) is 5.82 Å². The highest BCUT2D eigenvalue weighted by atomic mass is 19.1. The van der Waals surface area contributed by atoms with Crippen LogP contribution in [-0.4, -0.2) is 70.6 Å². The number of halogens is 1. The molecule has 10 nitrogen and oxygen atoms in total. The van der Waals surface area contributed by atoms with E-state index in [1.807, 2.05) is 50.4 Å². The fourth-order valence-corrected chi connectivity index (χ4v) is 5.51. The monoisotopic (exact) mass is 559 g/mol. The molecule has 0 radical (unpaired) electrons. The zero-order valence-corrected chi connectivity index (χ0v) is 23.5. The van der Waals surface area contributed by atoms with Crippen LogP contribution in [0.1, 0.15) is 30.0 Å². The van der Waals surface area contributed by atoms with Crippen molar-refractivity contribution in [3.63, 3.8) is 0 Å². The molecule has 3 atom stereocenters. The standard InChI is InChI=1S/C30H34FN7O3/c1-19-27(21-10-11-26(41-4)33-18-21)36-38(22-8-6-5-7-9-22)29(19)35-30(39)34-24-17-23(13-15-40-3)37(2)28(24)20-12-14-32-25(31)16-20/h5-12,14,16,18,23-24,28H,13,15,17H2,1-4H3,(H2,34,35,39)/t23-,24-,28+/m1/s1. The SMILES string of the molecule is COCC[C@@H]1C[C@@H](NC(=O)Nc2c(C)c(-c3ccc(OC)nc3)nn2-c2ccccc2)[C@H](c2ccnc(F)c2)N1C. The Hall–Kier alpha value is -4.35. The molecule has 0 aliphatic carbocycles. The molecule has 3 aromatic heterocycles. The molecule has 0 saturated carbocycles. The van der Waals surface area contributed by atoms with Crippen molar-refractivity contribution in [2.24, 2.45) is 0 Å². The Morgan fingerprint density at radius 2 is 1.93 bits per heavy atom. The first-order valence-electron chi connectivity index (χ1n) is 13.4. The molecule has 4 heterocycles. The minimum absolute atomic E-state index is 0.146. The topological polar surface area (TPSA) is 106 Å². The lowest BCUT2D eigenvalue weighted by atomic mass is 10.0. The van der Waals surface area contributed by atoms with Gasteiger partial charge in [0.2, 0.25) is 11.8 Å². The van der Waals surface area contributed by atoms with Crippen molar-refractivity contribution in [3.05, 3.63) is 84.1 Å². The molecule has 0 bridgehead atoms. The smallest absolute Gasteiger partial charge is 0.320 e. The molecule has 2 amide bonds. The number of carbonyl (C=O) groups excluding carboxylic acids is 1. The van der Waals surface area contributed by atoms with Gasteiger partial charge >= 0.3 is 6.03 Å². The van der Waals surface area contributed by atoms with Crippen LogP contribution in [0.5, 0.6) is 5.88 Å². The molecule has 4 aromatic rings. The number of methoxy groups -OCH3 is 2. The number of hydrogen-bond acceptors (Lipinski definition) is 7. The maximum atomic E-state index is 14.1. The number of rotatable bonds is 9. The Morgan fingerprint density at radius 3 is 2.61 bits per heavy atom. The van der Waals surface area contributed by atoms with E-state index in [-0.39, 0.29) is 24.2 Å². The maximum absolute atomic E-state index is 14.1. The summed E-state index contributed by atoms with van der Waals surface area (Å²) < 4.78 is 26.3. The number of likely N-dealkylation sites (N-methyl/N-ethyl adjacent to an activating group) is 1. The van der Waals surface area contributed by atoms with Gasteiger partial charge < -0.3 is 14.8 Å². The van der Waals surface area contributed by atoms with Crippen molar-refractivity contribution in [2.45, 2.75) is 37.9 Å². The van der Waals surface area contributed by atoms with Crippen LogP contribution in [-0.2, 0) is 4.74 Å². The van der Waals surface area contributed by atoms with Gasteiger partial charge in [-0.15, -0.1) is 0 Å². The van der Waals surface area contributed by atoms with Gasteiger partial charge in [-0.05, 0) is 62.7 Å². The van der Waals surface area contributed by atoms with Crippen molar-refractivity contribution in [2.75, 3.05) is 33.2 Å². The van der Waals surface area contributed by atoms with Crippen molar-refractivity contribution in [3.8, 4) is 22.8 Å². The first-order chi connectivity index (χ1) is 19.9. The summed E-state index contributed by atoms with van der Waals surface area (Å²) in [7, 11) is 5.23. The summed E-state index contributed by atoms with van der Waals surface area (Å²) in [5.74, 6) is 0.483. The van der Waals surface area contributed by atoms with Crippen molar-refractivity contribution in [1.29, 1.82) is 0 Å². The van der Waals surface area contributed by atoms with Crippen LogP contribution in [0.3, 0.4) is 0 Å². The first kappa shape index (κ1) is 28.2. The molecule has 5 rings (SSSR count). The number of benzene rings is 1. The molecule has 1 saturated heterocycles. The molecule has 2 N–H and O–H groups in total. The largest absolute Gasteiger partial charge is 0.481 e. The third-order valence-corrected chi connectivity index (χ3v) is 7.56. The van der Waals surface area contributed by atoms with Gasteiger partial charge in [0.25, 0.3) is 0 Å². The third kappa shape index (κ3) is 6.06. The predicted octanol–water partition coefficient (Wildman–Crippen LogP) is 4.76. The van der Waals surface area contributed by atoms with Crippen LogP contribution in [0.4, 0.5) is 15.0 Å². The average molecular weight is 560 g/mol. The molecule has 1 aliphatic rings. The van der Waals surface area contributed by atoms with Gasteiger partial charge in [-0.3, -0.25) is 10.2 Å². The minimum atomic E-state index is -0.553. The minimum Gasteiger partial charge on any atom is -0.481 e. The van der Waals surface area contributed by atoms with E-state index in [0.717, 1.165) is 28.8 Å². The molecule has 0 unspecified atom stereocenters. The maximum Gasteiger partial charge on any atom is 0.320 e. The molecule has 1 aromatic carbocycles. The number of aromatic nitrogens is 4. The number of ether oxygens (including phenoxy) is 2. The number of urea groups is 1. The van der Waals surface area contributed by atoms with Crippen molar-refractivity contribution in [1.82, 2.24) is 30.0 Å². The van der Waals surface area contributed by atoms with Crippen LogP contribution >= 0.6 is 0 Å². The Labute approximate surface area is 238 Å². The molecular formula is C30H34FN7O3. The summed E-state index contributed by atoms with van der Waals surface area (Å²) in [6.45, 7) is 2.50. The summed E-state index contributed by atoms with van der Waals surface area (Å²) in [6, 6.07) is 15.7. The average Bonchev–Trinajstić information content (AvgIpc) is 3.47. The predicted molar refractivity (Wildman–Crippen MR) is 154 cm³/mol. The van der Waals surface area contributed by atoms with Gasteiger partial charge in [0.15, 0.2) is 0 Å². The van der Waals surface area contributed by atoms with Crippen molar-refractivity contribution < 1.29 is 18.7 Å². The second kappa shape index (κ2) is 12.4. The number of para-hydroxylation sites is 1. The second-order valence-electron chi connectivity index (χ2n) is 10.1. The Morgan fingerprint density at radius 1 is 1.12 bits per heavy atom. The number of carbonyl (C=O) groups is 1. The summed E-state index contributed by atoms with van der Waals surface area (Å²) >= 11 is 0. The Kier molecular flexibility index (Phi) is 8.55. The molecule has 11 heteroatoms. The third-order valence-electron chi connectivity index (χ3n) is 7.56. The van der Waals surface area contributed by atoms with Gasteiger partial charge in [-0.25, -0.2) is 19.4 Å². The van der Waals surface area contributed by atoms with E-state index in [2.05, 4.69) is 25.5 Å². The van der Waals surface area contributed by atoms with E-state index < -0.39 is 5.95 Å². The molecule has 1 fully saturated rings. The van der Waals surface area contributed by atoms with Gasteiger partial charge in [-0.1, -0.05) is 18.2 Å². The molecule has 41 heavy (non-hydrogen) atoms. The molecule has 0 spiro atoms. The van der Waals surface area contributed by atoms with Crippen LogP contribution < -0.4 is 15.4 Å². The first-order valence-corrected chi connectivity index (χ1v) is 13.4. The lowest BCUT2D eigenvalue weighted by Gasteiger charge is -2.28. The Bertz CT molecular complexity index is 1480. The summed E-state index contributed by atoms with van der Waals surface area (Å²) in [6.07, 6.45) is 4.62. The highest BCUT2D eigenvalue weighted by Gasteiger charge is 2.40. The lowest BCUT2D eigenvalue weighted by Crippen LogP contribution is -2.41. The van der Waals surface area contributed by atoms with E-state index in [4.69, 9.17) is 14.6 Å². The summed E-state index contributed by atoms with van der Waals surface area (Å²) in [4.78, 5) is 23.8. The highest BCUT2D eigenvalue weighted by Crippen LogP contribution is 2.37. The van der Waals surface area contributed by atoms with Gasteiger partial charge in [0.05, 0.1) is 30.6 Å². The van der Waals surface area contributed by atoms with E-state index >= 15 is 0 Å². The van der Waals surface area contributed by atoms with Crippen LogP contribution in [0.2, 0.25) is 0 Å². The number of nitrogens with one attached hydrogen (secondary N) is 2.